The first-order chi connectivity index (χ1) is 14.0. The number of nitrogens with one attached hydrogen (secondary N) is 2. The number of H-pyrrole nitrogens is 1. The zero-order valence-electron chi connectivity index (χ0n) is 16.7. The molecule has 0 atom stereocenters. The average Bonchev–Trinajstić information content (AvgIpc) is 3.05. The van der Waals surface area contributed by atoms with Gasteiger partial charge >= 0.3 is 6.18 Å². The largest absolute Gasteiger partial charge is 0.416 e. The van der Waals surface area contributed by atoms with Crippen LogP contribution in [0.5, 0.6) is 0 Å². The van der Waals surface area contributed by atoms with E-state index in [0.29, 0.717) is 11.4 Å². The van der Waals surface area contributed by atoms with Gasteiger partial charge in [-0.2, -0.15) is 18.3 Å². The number of nitrogens with zero attached hydrogens (tertiary/aromatic N) is 2. The molecule has 2 N–H and O–H groups in total. The lowest BCUT2D eigenvalue weighted by atomic mass is 9.87. The Morgan fingerprint density at radius 3 is 2.37 bits per heavy atom. The topological polar surface area (TPSA) is 62.7 Å². The summed E-state index contributed by atoms with van der Waals surface area (Å²) in [6.07, 6.45) is -4.48. The first kappa shape index (κ1) is 21.8. The highest BCUT2D eigenvalue weighted by molar-refractivity contribution is 7.71. The van der Waals surface area contributed by atoms with E-state index in [2.05, 4.69) is 36.3 Å². The number of amides is 1. The summed E-state index contributed by atoms with van der Waals surface area (Å²) in [5.74, 6) is -0.0287. The smallest absolute Gasteiger partial charge is 0.345 e. The average molecular weight is 434 g/mol. The van der Waals surface area contributed by atoms with Crippen LogP contribution >= 0.6 is 12.2 Å². The predicted molar refractivity (Wildman–Crippen MR) is 110 cm³/mol. The Balaban J connectivity index is 1.80. The fraction of sp³-hybridized carbons (Fsp3) is 0.286. The van der Waals surface area contributed by atoms with Gasteiger partial charge < -0.3 is 5.32 Å². The van der Waals surface area contributed by atoms with Crippen LogP contribution in [-0.4, -0.2) is 20.7 Å². The minimum atomic E-state index is -4.48. The molecule has 5 nitrogen and oxygen atoms in total. The van der Waals surface area contributed by atoms with Crippen LogP contribution < -0.4 is 5.32 Å². The van der Waals surface area contributed by atoms with Crippen LogP contribution in [0.4, 0.5) is 13.2 Å². The number of carbonyl (C=O) groups excluding carboxylic acids is 1. The first-order valence-corrected chi connectivity index (χ1v) is 9.60. The Labute approximate surface area is 176 Å². The van der Waals surface area contributed by atoms with E-state index in [4.69, 9.17) is 12.2 Å². The molecule has 3 aromatic rings. The van der Waals surface area contributed by atoms with Gasteiger partial charge in [-0.05, 0) is 53.5 Å². The number of alkyl halides is 3. The number of aromatic amines is 1. The van der Waals surface area contributed by atoms with Gasteiger partial charge in [0, 0.05) is 5.56 Å². The van der Waals surface area contributed by atoms with Crippen LogP contribution in [0.15, 0.2) is 48.5 Å². The number of aromatic nitrogens is 3. The number of carbonyl (C=O) groups is 1. The zero-order chi connectivity index (χ0) is 22.1. The number of hydrogen-bond donors (Lipinski definition) is 2. The van der Waals surface area contributed by atoms with Gasteiger partial charge in [0.05, 0.1) is 17.8 Å². The molecule has 0 aliphatic heterocycles. The molecule has 0 unspecified atom stereocenters. The molecule has 9 heteroatoms. The summed E-state index contributed by atoms with van der Waals surface area (Å²) in [5, 5.41) is 9.34. The monoisotopic (exact) mass is 434 g/mol. The molecule has 0 aliphatic rings. The van der Waals surface area contributed by atoms with E-state index >= 15 is 0 Å². The van der Waals surface area contributed by atoms with E-state index in [-0.39, 0.29) is 28.3 Å². The molecule has 30 heavy (non-hydrogen) atoms. The molecular weight excluding hydrogens is 413 g/mol. The Hall–Kier alpha value is -2.94. The molecule has 1 heterocycles. The normalized spacial score (nSPS) is 12.1. The van der Waals surface area contributed by atoms with Crippen molar-refractivity contribution in [3.05, 3.63) is 75.8 Å². The van der Waals surface area contributed by atoms with Gasteiger partial charge in [0.25, 0.3) is 5.91 Å². The second-order valence-corrected chi connectivity index (χ2v) is 8.23. The lowest BCUT2D eigenvalue weighted by Gasteiger charge is -2.19. The first-order valence-electron chi connectivity index (χ1n) is 9.19. The van der Waals surface area contributed by atoms with Gasteiger partial charge in [-0.3, -0.25) is 14.5 Å². The molecule has 3 rings (SSSR count). The molecule has 158 valence electrons. The van der Waals surface area contributed by atoms with Gasteiger partial charge in [0.15, 0.2) is 10.6 Å². The van der Waals surface area contributed by atoms with Crippen LogP contribution in [0, 0.1) is 4.77 Å². The van der Waals surface area contributed by atoms with E-state index in [1.54, 1.807) is 12.1 Å². The Morgan fingerprint density at radius 2 is 1.77 bits per heavy atom. The molecule has 2 aromatic carbocycles. The lowest BCUT2D eigenvalue weighted by Crippen LogP contribution is -2.25. The third-order valence-corrected chi connectivity index (χ3v) is 4.87. The van der Waals surface area contributed by atoms with Crippen molar-refractivity contribution in [2.45, 2.75) is 38.9 Å². The van der Waals surface area contributed by atoms with E-state index in [1.807, 2.05) is 12.1 Å². The van der Waals surface area contributed by atoms with E-state index in [9.17, 15) is 18.0 Å². The van der Waals surface area contributed by atoms with E-state index in [1.165, 1.54) is 16.7 Å². The van der Waals surface area contributed by atoms with Crippen LogP contribution in [0.25, 0.3) is 5.69 Å². The Bertz CT molecular complexity index is 1110. The van der Waals surface area contributed by atoms with Crippen LogP contribution in [0.3, 0.4) is 0 Å². The maximum absolute atomic E-state index is 13.0. The summed E-state index contributed by atoms with van der Waals surface area (Å²) in [7, 11) is 0. The number of benzene rings is 2. The lowest BCUT2D eigenvalue weighted by molar-refractivity contribution is -0.137. The number of halogens is 3. The summed E-state index contributed by atoms with van der Waals surface area (Å²) in [6, 6.07) is 12.0. The van der Waals surface area contributed by atoms with Crippen molar-refractivity contribution in [3.63, 3.8) is 0 Å². The molecule has 0 saturated heterocycles. The summed E-state index contributed by atoms with van der Waals surface area (Å²) in [6.45, 7) is 6.24. The molecule has 0 bridgehead atoms. The van der Waals surface area contributed by atoms with Crippen molar-refractivity contribution in [1.29, 1.82) is 0 Å². The zero-order valence-corrected chi connectivity index (χ0v) is 17.5. The van der Waals surface area contributed by atoms with Gasteiger partial charge in [0.1, 0.15) is 0 Å². The third-order valence-electron chi connectivity index (χ3n) is 4.59. The maximum Gasteiger partial charge on any atom is 0.416 e. The summed E-state index contributed by atoms with van der Waals surface area (Å²) in [5.41, 5.74) is 0.965. The maximum atomic E-state index is 13.0. The van der Waals surface area contributed by atoms with E-state index < -0.39 is 11.7 Å². The minimum Gasteiger partial charge on any atom is -0.345 e. The second-order valence-electron chi connectivity index (χ2n) is 7.84. The second kappa shape index (κ2) is 8.06. The standard InChI is InChI=1S/C21H21F3N4OS/c1-20(2,3)14-9-7-13(8-10-14)18(29)25-12-17-26-27-19(30)28(17)16-6-4-5-15(11-16)21(22,23)24/h4-11H,12H2,1-3H3,(H,25,29)(H,27,30). The third kappa shape index (κ3) is 4.79. The van der Waals surface area contributed by atoms with Crippen molar-refractivity contribution in [3.8, 4) is 5.69 Å². The van der Waals surface area contributed by atoms with Crippen LogP contribution in [-0.2, 0) is 18.1 Å². The quantitative estimate of drug-likeness (QED) is 0.557. The Morgan fingerprint density at radius 1 is 1.10 bits per heavy atom. The highest BCUT2D eigenvalue weighted by atomic mass is 32.1. The highest BCUT2D eigenvalue weighted by Crippen LogP contribution is 2.30. The fourth-order valence-electron chi connectivity index (χ4n) is 2.92. The summed E-state index contributed by atoms with van der Waals surface area (Å²) < 4.78 is 40.6. The van der Waals surface area contributed by atoms with Crippen molar-refractivity contribution in [1.82, 2.24) is 20.1 Å². The van der Waals surface area contributed by atoms with E-state index in [0.717, 1.165) is 17.7 Å². The number of hydrogen-bond acceptors (Lipinski definition) is 3. The molecule has 1 aromatic heterocycles. The highest BCUT2D eigenvalue weighted by Gasteiger charge is 2.30. The number of rotatable bonds is 4. The molecule has 0 aliphatic carbocycles. The summed E-state index contributed by atoms with van der Waals surface area (Å²) >= 11 is 5.16. The molecule has 0 fully saturated rings. The minimum absolute atomic E-state index is 0.0107. The van der Waals surface area contributed by atoms with Crippen LogP contribution in [0.1, 0.15) is 48.1 Å². The molecule has 1 amide bonds. The van der Waals surface area contributed by atoms with Crippen molar-refractivity contribution in [2.24, 2.45) is 0 Å². The molecule has 0 radical (unpaired) electrons. The van der Waals surface area contributed by atoms with Crippen molar-refractivity contribution >= 4 is 18.1 Å². The van der Waals surface area contributed by atoms with Gasteiger partial charge in [-0.25, -0.2) is 0 Å². The summed E-state index contributed by atoms with van der Waals surface area (Å²) in [4.78, 5) is 12.5. The van der Waals surface area contributed by atoms with Gasteiger partial charge in [-0.15, -0.1) is 0 Å². The molecular formula is C21H21F3N4OS. The Kier molecular flexibility index (Phi) is 5.85. The molecule has 0 saturated carbocycles. The van der Waals surface area contributed by atoms with Gasteiger partial charge in [-0.1, -0.05) is 39.0 Å². The predicted octanol–water partition coefficient (Wildman–Crippen LogP) is 5.18. The fourth-order valence-corrected chi connectivity index (χ4v) is 3.18. The van der Waals surface area contributed by atoms with Crippen molar-refractivity contribution in [2.75, 3.05) is 0 Å². The SMILES string of the molecule is CC(C)(C)c1ccc(C(=O)NCc2n[nH]c(=S)n2-c2cccc(C(F)(F)F)c2)cc1. The van der Waals surface area contributed by atoms with Gasteiger partial charge in [0.2, 0.25) is 0 Å². The molecule has 0 spiro atoms. The van der Waals surface area contributed by atoms with Crippen LogP contribution in [0.2, 0.25) is 0 Å². The van der Waals surface area contributed by atoms with Crippen molar-refractivity contribution < 1.29 is 18.0 Å².